The van der Waals surface area contributed by atoms with Crippen LogP contribution in [-0.4, -0.2) is 42.8 Å². The van der Waals surface area contributed by atoms with Crippen molar-refractivity contribution in [1.29, 1.82) is 0 Å². The fraction of sp³-hybridized carbons (Fsp3) is 0.290. The van der Waals surface area contributed by atoms with Crippen LogP contribution in [0, 0.1) is 11.7 Å². The van der Waals surface area contributed by atoms with E-state index in [-0.39, 0.29) is 18.1 Å². The van der Waals surface area contributed by atoms with Gasteiger partial charge in [-0.3, -0.25) is 4.79 Å². The highest BCUT2D eigenvalue weighted by Gasteiger charge is 2.35. The Bertz CT molecular complexity index is 1460. The number of fused-ring (bicyclic) bond motifs is 1. The highest BCUT2D eigenvalue weighted by molar-refractivity contribution is 6.06. The molecule has 1 aliphatic heterocycles. The van der Waals surface area contributed by atoms with Gasteiger partial charge < -0.3 is 19.7 Å². The molecule has 0 fully saturated rings. The molecule has 0 spiro atoms. The second kappa shape index (κ2) is 11.7. The molecule has 1 N–H and O–H groups in total. The van der Waals surface area contributed by atoms with Gasteiger partial charge in [-0.2, -0.15) is 13.2 Å². The molecule has 0 bridgehead atoms. The molecule has 214 valence electrons. The lowest BCUT2D eigenvalue weighted by Gasteiger charge is -2.30. The molecular weight excluding hydrogens is 540 g/mol. The normalized spacial score (nSPS) is 20.4. The average molecular weight is 569 g/mol. The van der Waals surface area contributed by atoms with Crippen LogP contribution in [0.3, 0.4) is 0 Å². The van der Waals surface area contributed by atoms with Gasteiger partial charge in [0, 0.05) is 37.4 Å². The lowest BCUT2D eigenvalue weighted by atomic mass is 9.80. The minimum Gasteiger partial charge on any atom is -0.410 e. The topological polar surface area (TPSA) is 67.9 Å². The number of nitrogens with zero attached hydrogens (tertiary/aromatic N) is 1. The number of halogens is 4. The maximum atomic E-state index is 13.4. The first-order valence-electron chi connectivity index (χ1n) is 13.2. The quantitative estimate of drug-likeness (QED) is 0.410. The molecule has 2 aromatic rings. The molecule has 5 rings (SSSR count). The van der Waals surface area contributed by atoms with Gasteiger partial charge >= 0.3 is 12.3 Å². The zero-order chi connectivity index (χ0) is 29.1. The summed E-state index contributed by atoms with van der Waals surface area (Å²) in [6.45, 7) is 0.720. The van der Waals surface area contributed by atoms with Gasteiger partial charge in [-0.15, -0.1) is 0 Å². The molecule has 3 aliphatic rings. The number of methoxy groups -OCH3 is 1. The maximum Gasteiger partial charge on any atom is 0.416 e. The lowest BCUT2D eigenvalue weighted by Crippen LogP contribution is -2.37. The number of hydrogen-bond donors (Lipinski definition) is 1. The summed E-state index contributed by atoms with van der Waals surface area (Å²) in [5.74, 6) is -0.951. The first-order chi connectivity index (χ1) is 19.6. The summed E-state index contributed by atoms with van der Waals surface area (Å²) < 4.78 is 63.4. The van der Waals surface area contributed by atoms with Crippen molar-refractivity contribution in [3.05, 3.63) is 107 Å². The summed E-state index contributed by atoms with van der Waals surface area (Å²) in [7, 11) is 1.52. The van der Waals surface area contributed by atoms with Crippen LogP contribution in [0.25, 0.3) is 0 Å². The number of alkyl halides is 3. The van der Waals surface area contributed by atoms with Crippen LogP contribution < -0.4 is 10.1 Å². The molecular formula is C31H28F4N2O4. The highest BCUT2D eigenvalue weighted by atomic mass is 19.4. The van der Waals surface area contributed by atoms with Gasteiger partial charge in [-0.25, -0.2) is 9.18 Å². The first-order valence-corrected chi connectivity index (χ1v) is 13.2. The number of rotatable bonds is 5. The van der Waals surface area contributed by atoms with Crippen molar-refractivity contribution >= 4 is 17.7 Å². The van der Waals surface area contributed by atoms with Gasteiger partial charge in [0.25, 0.3) is 5.91 Å². The second-order valence-electron chi connectivity index (χ2n) is 10.0. The van der Waals surface area contributed by atoms with Crippen LogP contribution >= 0.6 is 0 Å². The number of hydrogen-bond acceptors (Lipinski definition) is 4. The third-order valence-corrected chi connectivity index (χ3v) is 7.40. The molecule has 2 aromatic carbocycles. The summed E-state index contributed by atoms with van der Waals surface area (Å²) in [6.07, 6.45) is 3.00. The van der Waals surface area contributed by atoms with Crippen LogP contribution in [0.4, 0.5) is 28.0 Å². The van der Waals surface area contributed by atoms with E-state index in [1.54, 1.807) is 17.0 Å². The zero-order valence-corrected chi connectivity index (χ0v) is 22.2. The fourth-order valence-electron chi connectivity index (χ4n) is 5.29. The van der Waals surface area contributed by atoms with Crippen molar-refractivity contribution < 1.29 is 36.6 Å². The Kier molecular flexibility index (Phi) is 8.12. The van der Waals surface area contributed by atoms with Gasteiger partial charge in [-0.05, 0) is 72.4 Å². The molecule has 0 aromatic heterocycles. The molecule has 2 atom stereocenters. The predicted molar refractivity (Wildman–Crippen MR) is 145 cm³/mol. The molecule has 10 heteroatoms. The number of allylic oxidation sites excluding steroid dienone is 4. The van der Waals surface area contributed by atoms with Crippen molar-refractivity contribution in [2.24, 2.45) is 5.92 Å². The van der Waals surface area contributed by atoms with Crippen molar-refractivity contribution in [2.45, 2.75) is 38.1 Å². The van der Waals surface area contributed by atoms with Gasteiger partial charge in [0.2, 0.25) is 0 Å². The Balaban J connectivity index is 1.29. The second-order valence-corrected chi connectivity index (χ2v) is 10.0. The Hall–Kier alpha value is -4.18. The summed E-state index contributed by atoms with van der Waals surface area (Å²) in [5, 5.41) is 2.92. The van der Waals surface area contributed by atoms with Gasteiger partial charge in [-0.1, -0.05) is 36.4 Å². The number of carbonyl (C=O) groups is 2. The van der Waals surface area contributed by atoms with E-state index < -0.39 is 35.7 Å². The molecule has 2 amide bonds. The Morgan fingerprint density at radius 3 is 2.49 bits per heavy atom. The first kappa shape index (κ1) is 28.4. The average Bonchev–Trinajstić information content (AvgIpc) is 2.97. The van der Waals surface area contributed by atoms with E-state index in [0.717, 1.165) is 23.3 Å². The summed E-state index contributed by atoms with van der Waals surface area (Å²) in [5.41, 5.74) is 2.76. The highest BCUT2D eigenvalue weighted by Crippen LogP contribution is 2.37. The van der Waals surface area contributed by atoms with E-state index in [9.17, 15) is 27.2 Å². The molecule has 1 heterocycles. The fourth-order valence-corrected chi connectivity index (χ4v) is 5.29. The molecule has 2 unspecified atom stereocenters. The van der Waals surface area contributed by atoms with E-state index >= 15 is 0 Å². The summed E-state index contributed by atoms with van der Waals surface area (Å²) in [6, 6.07) is 10.6. The van der Waals surface area contributed by atoms with E-state index in [2.05, 4.69) is 5.32 Å². The van der Waals surface area contributed by atoms with Crippen LogP contribution in [0.15, 0.2) is 89.6 Å². The van der Waals surface area contributed by atoms with E-state index in [4.69, 9.17) is 9.47 Å². The van der Waals surface area contributed by atoms with Gasteiger partial charge in [0.05, 0.1) is 11.7 Å². The number of amides is 2. The third-order valence-electron chi connectivity index (χ3n) is 7.40. The van der Waals surface area contributed by atoms with E-state index in [1.807, 2.05) is 18.2 Å². The van der Waals surface area contributed by atoms with Crippen molar-refractivity contribution in [2.75, 3.05) is 19.0 Å². The standard InChI is InChI=1S/C31H28F4N2O4/c1-40-27-4-2-3-26(28(27)19-5-8-22(9-6-19)31(33,34)35)29(38)36-24-12-7-21-18-37(16-15-20(21)17-24)30(39)41-25-13-10-23(32)11-14-25/h2-3,5,7-14,17,19,27H,4,6,15-16,18H2,1H3,(H,36,38). The number of ether oxygens (including phenoxy) is 2. The number of nitrogens with one attached hydrogen (secondary N) is 1. The van der Waals surface area contributed by atoms with Crippen LogP contribution in [-0.2, 0) is 22.5 Å². The van der Waals surface area contributed by atoms with E-state index in [1.165, 1.54) is 37.5 Å². The monoisotopic (exact) mass is 568 g/mol. The van der Waals surface area contributed by atoms with Gasteiger partial charge in [0.1, 0.15) is 11.6 Å². The number of benzene rings is 2. The van der Waals surface area contributed by atoms with Gasteiger partial charge in [0.15, 0.2) is 0 Å². The van der Waals surface area contributed by atoms with Crippen LogP contribution in [0.2, 0.25) is 0 Å². The van der Waals surface area contributed by atoms with Crippen molar-refractivity contribution in [3.8, 4) is 5.75 Å². The summed E-state index contributed by atoms with van der Waals surface area (Å²) >= 11 is 0. The summed E-state index contributed by atoms with van der Waals surface area (Å²) in [4.78, 5) is 27.6. The predicted octanol–water partition coefficient (Wildman–Crippen LogP) is 6.66. The lowest BCUT2D eigenvalue weighted by molar-refractivity contribution is -0.112. The Morgan fingerprint density at radius 1 is 1.02 bits per heavy atom. The third kappa shape index (κ3) is 6.43. The molecule has 6 nitrogen and oxygen atoms in total. The molecule has 2 aliphatic carbocycles. The van der Waals surface area contributed by atoms with Crippen LogP contribution in [0.5, 0.6) is 5.75 Å². The SMILES string of the molecule is COC1CC=CC(C(=O)Nc2ccc3c(c2)CCN(C(=O)Oc2ccc(F)cc2)C3)=C1C1C=CC(C(F)(F)F)=CC1. The number of carbonyl (C=O) groups excluding carboxylic acids is 2. The molecule has 0 radical (unpaired) electrons. The zero-order valence-electron chi connectivity index (χ0n) is 22.2. The molecule has 41 heavy (non-hydrogen) atoms. The van der Waals surface area contributed by atoms with E-state index in [0.29, 0.717) is 42.8 Å². The molecule has 0 saturated heterocycles. The largest absolute Gasteiger partial charge is 0.416 e. The maximum absolute atomic E-state index is 13.4. The Morgan fingerprint density at radius 2 is 1.80 bits per heavy atom. The number of anilines is 1. The van der Waals surface area contributed by atoms with Crippen LogP contribution in [0.1, 0.15) is 24.0 Å². The smallest absolute Gasteiger partial charge is 0.410 e. The minimum atomic E-state index is -4.42. The molecule has 0 saturated carbocycles. The minimum absolute atomic E-state index is 0.115. The van der Waals surface area contributed by atoms with Crippen molar-refractivity contribution in [3.63, 3.8) is 0 Å². The van der Waals surface area contributed by atoms with Crippen molar-refractivity contribution in [1.82, 2.24) is 4.90 Å². The Labute approximate surface area is 234 Å².